The van der Waals surface area contributed by atoms with Gasteiger partial charge >= 0.3 is 0 Å². The Kier molecular flexibility index (Phi) is 3.77. The quantitative estimate of drug-likeness (QED) is 0.653. The Morgan fingerprint density at radius 1 is 1.27 bits per heavy atom. The van der Waals surface area contributed by atoms with Crippen molar-refractivity contribution in [1.29, 1.82) is 0 Å². The molecule has 0 N–H and O–H groups in total. The maximum atomic E-state index is 6.36. The Balaban J connectivity index is 2.04. The number of halogens is 1. The molecule has 88 valence electrons. The van der Waals surface area contributed by atoms with Crippen LogP contribution in [-0.4, -0.2) is 17.0 Å². The van der Waals surface area contributed by atoms with E-state index in [1.54, 1.807) is 0 Å². The summed E-state index contributed by atoms with van der Waals surface area (Å²) in [6, 6.07) is 0. The minimum atomic E-state index is 0.244. The van der Waals surface area contributed by atoms with Gasteiger partial charge in [0.05, 0.1) is 11.7 Å². The first kappa shape index (κ1) is 11.9. The Bertz CT molecular complexity index is 207. The average molecular weight is 275 g/mol. The number of ether oxygens (including phenoxy) is 1. The molecule has 1 aliphatic heterocycles. The molecule has 1 aliphatic carbocycles. The van der Waals surface area contributed by atoms with E-state index in [-0.39, 0.29) is 5.60 Å². The van der Waals surface area contributed by atoms with Crippen LogP contribution in [-0.2, 0) is 4.74 Å². The third-order valence-electron chi connectivity index (χ3n) is 3.99. The molecule has 0 bridgehead atoms. The SMILES string of the molecule is CC1CC(C)CC2(CCCC(CBr)O2)C1. The van der Waals surface area contributed by atoms with Crippen molar-refractivity contribution < 1.29 is 4.74 Å². The van der Waals surface area contributed by atoms with E-state index < -0.39 is 0 Å². The van der Waals surface area contributed by atoms with Crippen molar-refractivity contribution in [2.45, 2.75) is 64.1 Å². The van der Waals surface area contributed by atoms with Crippen molar-refractivity contribution in [1.82, 2.24) is 0 Å². The van der Waals surface area contributed by atoms with Crippen molar-refractivity contribution in [2.75, 3.05) is 5.33 Å². The Morgan fingerprint density at radius 3 is 2.53 bits per heavy atom. The monoisotopic (exact) mass is 274 g/mol. The molecule has 2 aliphatic rings. The van der Waals surface area contributed by atoms with Crippen LogP contribution in [0.5, 0.6) is 0 Å². The van der Waals surface area contributed by atoms with Gasteiger partial charge in [0.15, 0.2) is 0 Å². The summed E-state index contributed by atoms with van der Waals surface area (Å²) in [7, 11) is 0. The molecule has 3 unspecified atom stereocenters. The number of hydrogen-bond donors (Lipinski definition) is 0. The van der Waals surface area contributed by atoms with Gasteiger partial charge in [-0.05, 0) is 50.4 Å². The molecular formula is C13H23BrO. The molecule has 1 nitrogen and oxygen atoms in total. The summed E-state index contributed by atoms with van der Waals surface area (Å²) in [5, 5.41) is 1.01. The lowest BCUT2D eigenvalue weighted by Crippen LogP contribution is -2.46. The highest BCUT2D eigenvalue weighted by atomic mass is 79.9. The Labute approximate surface area is 102 Å². The minimum Gasteiger partial charge on any atom is -0.371 e. The summed E-state index contributed by atoms with van der Waals surface area (Å²) in [5.74, 6) is 1.70. The molecule has 15 heavy (non-hydrogen) atoms. The summed E-state index contributed by atoms with van der Waals surface area (Å²) < 4.78 is 6.36. The fourth-order valence-electron chi connectivity index (χ4n) is 3.74. The average Bonchev–Trinajstić information content (AvgIpc) is 2.15. The molecule has 0 aromatic carbocycles. The van der Waals surface area contributed by atoms with Gasteiger partial charge in [-0.1, -0.05) is 29.8 Å². The van der Waals surface area contributed by atoms with Crippen LogP contribution in [0.3, 0.4) is 0 Å². The molecular weight excluding hydrogens is 252 g/mol. The first-order valence-electron chi connectivity index (χ1n) is 6.37. The van der Waals surface area contributed by atoms with Gasteiger partial charge in [0.25, 0.3) is 0 Å². The minimum absolute atomic E-state index is 0.244. The summed E-state index contributed by atoms with van der Waals surface area (Å²) >= 11 is 3.57. The maximum absolute atomic E-state index is 6.36. The van der Waals surface area contributed by atoms with Crippen LogP contribution in [0.4, 0.5) is 0 Å². The van der Waals surface area contributed by atoms with Gasteiger partial charge in [0.2, 0.25) is 0 Å². The van der Waals surface area contributed by atoms with E-state index in [9.17, 15) is 0 Å². The molecule has 1 heterocycles. The predicted octanol–water partition coefficient (Wildman–Crippen LogP) is 4.15. The predicted molar refractivity (Wildman–Crippen MR) is 67.4 cm³/mol. The summed E-state index contributed by atoms with van der Waals surface area (Å²) in [4.78, 5) is 0. The molecule has 0 aromatic rings. The fraction of sp³-hybridized carbons (Fsp3) is 1.00. The van der Waals surface area contributed by atoms with Crippen LogP contribution in [0.15, 0.2) is 0 Å². The zero-order valence-electron chi connectivity index (χ0n) is 9.97. The lowest BCUT2D eigenvalue weighted by atomic mass is 9.70. The van der Waals surface area contributed by atoms with Gasteiger partial charge in [-0.2, -0.15) is 0 Å². The van der Waals surface area contributed by atoms with Gasteiger partial charge in [0, 0.05) is 5.33 Å². The summed E-state index contributed by atoms with van der Waals surface area (Å²) in [6.45, 7) is 4.77. The number of hydrogen-bond acceptors (Lipinski definition) is 1. The van der Waals surface area contributed by atoms with E-state index in [4.69, 9.17) is 4.74 Å². The highest BCUT2D eigenvalue weighted by Crippen LogP contribution is 2.44. The molecule has 3 atom stereocenters. The molecule has 1 spiro atoms. The zero-order valence-corrected chi connectivity index (χ0v) is 11.6. The summed E-state index contributed by atoms with van der Waals surface area (Å²) in [6.07, 6.45) is 8.35. The highest BCUT2D eigenvalue weighted by molar-refractivity contribution is 9.09. The van der Waals surface area contributed by atoms with Crippen LogP contribution in [0, 0.1) is 11.8 Å². The second-order valence-corrected chi connectivity index (χ2v) is 6.47. The normalized spacial score (nSPS) is 47.0. The molecule has 0 aromatic heterocycles. The van der Waals surface area contributed by atoms with Crippen molar-refractivity contribution in [2.24, 2.45) is 11.8 Å². The van der Waals surface area contributed by atoms with Gasteiger partial charge in [-0.15, -0.1) is 0 Å². The zero-order chi connectivity index (χ0) is 10.9. The van der Waals surface area contributed by atoms with E-state index >= 15 is 0 Å². The van der Waals surface area contributed by atoms with Crippen molar-refractivity contribution in [3.05, 3.63) is 0 Å². The molecule has 2 rings (SSSR count). The van der Waals surface area contributed by atoms with Crippen LogP contribution in [0.2, 0.25) is 0 Å². The van der Waals surface area contributed by atoms with Crippen molar-refractivity contribution >= 4 is 15.9 Å². The Hall–Kier alpha value is 0.440. The van der Waals surface area contributed by atoms with Crippen LogP contribution < -0.4 is 0 Å². The number of alkyl halides is 1. The van der Waals surface area contributed by atoms with Gasteiger partial charge in [-0.25, -0.2) is 0 Å². The molecule has 2 heteroatoms. The second-order valence-electron chi connectivity index (χ2n) is 5.82. The summed E-state index contributed by atoms with van der Waals surface area (Å²) in [5.41, 5.74) is 0.244. The molecule has 0 amide bonds. The topological polar surface area (TPSA) is 9.23 Å². The first-order valence-corrected chi connectivity index (χ1v) is 7.49. The first-order chi connectivity index (χ1) is 7.13. The standard InChI is InChI=1S/C13H23BrO/c1-10-6-11(2)8-13(7-10)5-3-4-12(9-14)15-13/h10-12H,3-9H2,1-2H3. The van der Waals surface area contributed by atoms with E-state index in [1.165, 1.54) is 38.5 Å². The maximum Gasteiger partial charge on any atom is 0.0691 e. The smallest absolute Gasteiger partial charge is 0.0691 e. The molecule has 1 saturated carbocycles. The fourth-order valence-corrected chi connectivity index (χ4v) is 4.20. The molecule has 2 fully saturated rings. The van der Waals surface area contributed by atoms with Crippen LogP contribution in [0.25, 0.3) is 0 Å². The van der Waals surface area contributed by atoms with Crippen LogP contribution >= 0.6 is 15.9 Å². The second kappa shape index (κ2) is 4.75. The largest absolute Gasteiger partial charge is 0.371 e. The lowest BCUT2D eigenvalue weighted by molar-refractivity contribution is -0.152. The third kappa shape index (κ3) is 2.76. The van der Waals surface area contributed by atoms with Crippen LogP contribution in [0.1, 0.15) is 52.4 Å². The highest BCUT2D eigenvalue weighted by Gasteiger charge is 2.42. The van der Waals surface area contributed by atoms with Crippen molar-refractivity contribution in [3.8, 4) is 0 Å². The van der Waals surface area contributed by atoms with Gasteiger partial charge < -0.3 is 4.74 Å². The lowest BCUT2D eigenvalue weighted by Gasteiger charge is -2.47. The molecule has 0 radical (unpaired) electrons. The van der Waals surface area contributed by atoms with E-state index in [0.29, 0.717) is 6.10 Å². The Morgan fingerprint density at radius 2 is 1.93 bits per heavy atom. The van der Waals surface area contributed by atoms with Gasteiger partial charge in [0.1, 0.15) is 0 Å². The number of rotatable bonds is 1. The van der Waals surface area contributed by atoms with Gasteiger partial charge in [-0.3, -0.25) is 0 Å². The molecule has 1 saturated heterocycles. The van der Waals surface area contributed by atoms with E-state index in [0.717, 1.165) is 17.2 Å². The van der Waals surface area contributed by atoms with E-state index in [2.05, 4.69) is 29.8 Å². The van der Waals surface area contributed by atoms with E-state index in [1.807, 2.05) is 0 Å². The third-order valence-corrected chi connectivity index (χ3v) is 4.72. The van der Waals surface area contributed by atoms with Crippen molar-refractivity contribution in [3.63, 3.8) is 0 Å².